The summed E-state index contributed by atoms with van der Waals surface area (Å²) in [6.45, 7) is 7.91. The molecular formula is C12H17N. The van der Waals surface area contributed by atoms with Crippen molar-refractivity contribution in [3.05, 3.63) is 47.5 Å². The van der Waals surface area contributed by atoms with Crippen molar-refractivity contribution in [3.8, 4) is 0 Å². The summed E-state index contributed by atoms with van der Waals surface area (Å²) in [5.74, 6) is 0. The maximum Gasteiger partial charge on any atom is 0.0329 e. The molecule has 2 N–H and O–H groups in total. The molecule has 1 aromatic rings. The molecule has 0 aromatic heterocycles. The molecule has 1 aromatic carbocycles. The Morgan fingerprint density at radius 3 is 2.62 bits per heavy atom. The summed E-state index contributed by atoms with van der Waals surface area (Å²) in [6.07, 6.45) is 2.70. The van der Waals surface area contributed by atoms with E-state index in [1.54, 1.807) is 0 Å². The zero-order valence-electron chi connectivity index (χ0n) is 8.38. The lowest BCUT2D eigenvalue weighted by Crippen LogP contribution is -2.09. The van der Waals surface area contributed by atoms with Gasteiger partial charge in [0.15, 0.2) is 0 Å². The van der Waals surface area contributed by atoms with Gasteiger partial charge >= 0.3 is 0 Å². The normalized spacial score (nSPS) is 12.5. The second kappa shape index (κ2) is 4.24. The highest BCUT2D eigenvalue weighted by molar-refractivity contribution is 5.31. The van der Waals surface area contributed by atoms with Crippen molar-refractivity contribution in [2.24, 2.45) is 5.73 Å². The fourth-order valence-corrected chi connectivity index (χ4v) is 1.31. The standard InChI is InChI=1S/C12H17N/c1-4-5-12(13)11-7-6-9(2)10(3)8-11/h4,6-8,12H,1,5,13H2,2-3H3/t12-/m1/s1. The molecule has 0 unspecified atom stereocenters. The van der Waals surface area contributed by atoms with E-state index in [4.69, 9.17) is 5.73 Å². The molecule has 1 rings (SSSR count). The molecule has 0 aliphatic heterocycles. The summed E-state index contributed by atoms with van der Waals surface area (Å²) in [5.41, 5.74) is 9.77. The Kier molecular flexibility index (Phi) is 3.26. The molecule has 0 heterocycles. The molecule has 0 amide bonds. The van der Waals surface area contributed by atoms with Crippen LogP contribution in [0.2, 0.25) is 0 Å². The molecule has 0 radical (unpaired) electrons. The van der Waals surface area contributed by atoms with Crippen LogP contribution in [-0.2, 0) is 0 Å². The molecule has 13 heavy (non-hydrogen) atoms. The van der Waals surface area contributed by atoms with E-state index in [9.17, 15) is 0 Å². The van der Waals surface area contributed by atoms with Crippen molar-refractivity contribution in [1.29, 1.82) is 0 Å². The van der Waals surface area contributed by atoms with Gasteiger partial charge in [0.1, 0.15) is 0 Å². The highest BCUT2D eigenvalue weighted by atomic mass is 14.6. The van der Waals surface area contributed by atoms with Gasteiger partial charge in [0.25, 0.3) is 0 Å². The van der Waals surface area contributed by atoms with Crippen LogP contribution in [0.25, 0.3) is 0 Å². The number of aryl methyl sites for hydroxylation is 2. The van der Waals surface area contributed by atoms with E-state index in [-0.39, 0.29) is 6.04 Å². The lowest BCUT2D eigenvalue weighted by molar-refractivity contribution is 0.740. The molecule has 1 nitrogen and oxygen atoms in total. The van der Waals surface area contributed by atoms with Crippen molar-refractivity contribution >= 4 is 0 Å². The summed E-state index contributed by atoms with van der Waals surface area (Å²) in [6, 6.07) is 6.46. The van der Waals surface area contributed by atoms with Crippen molar-refractivity contribution in [1.82, 2.24) is 0 Å². The van der Waals surface area contributed by atoms with Crippen LogP contribution in [0.5, 0.6) is 0 Å². The van der Waals surface area contributed by atoms with E-state index in [1.807, 2.05) is 6.08 Å². The van der Waals surface area contributed by atoms with E-state index in [0.717, 1.165) is 6.42 Å². The zero-order chi connectivity index (χ0) is 9.84. The third-order valence-electron chi connectivity index (χ3n) is 2.38. The summed E-state index contributed by atoms with van der Waals surface area (Å²) in [7, 11) is 0. The average molecular weight is 175 g/mol. The molecule has 0 fully saturated rings. The van der Waals surface area contributed by atoms with Gasteiger partial charge in [-0.15, -0.1) is 6.58 Å². The minimum absolute atomic E-state index is 0.0943. The smallest absolute Gasteiger partial charge is 0.0329 e. The van der Waals surface area contributed by atoms with Crippen LogP contribution in [0.4, 0.5) is 0 Å². The molecule has 0 aliphatic carbocycles. The second-order valence-electron chi connectivity index (χ2n) is 3.47. The predicted octanol–water partition coefficient (Wildman–Crippen LogP) is 2.88. The Morgan fingerprint density at radius 1 is 1.38 bits per heavy atom. The number of nitrogens with two attached hydrogens (primary N) is 1. The maximum absolute atomic E-state index is 5.95. The van der Waals surface area contributed by atoms with Crippen LogP contribution in [0.1, 0.15) is 29.2 Å². The Hall–Kier alpha value is -1.08. The van der Waals surface area contributed by atoms with Crippen molar-refractivity contribution < 1.29 is 0 Å². The van der Waals surface area contributed by atoms with E-state index < -0.39 is 0 Å². The van der Waals surface area contributed by atoms with Crippen molar-refractivity contribution in [2.75, 3.05) is 0 Å². The third-order valence-corrected chi connectivity index (χ3v) is 2.38. The largest absolute Gasteiger partial charge is 0.324 e. The van der Waals surface area contributed by atoms with Gasteiger partial charge in [-0.05, 0) is 37.0 Å². The van der Waals surface area contributed by atoms with E-state index in [0.29, 0.717) is 0 Å². The third kappa shape index (κ3) is 2.43. The molecule has 0 bridgehead atoms. The summed E-state index contributed by atoms with van der Waals surface area (Å²) in [5, 5.41) is 0. The lowest BCUT2D eigenvalue weighted by atomic mass is 10.00. The van der Waals surface area contributed by atoms with Gasteiger partial charge in [0.05, 0.1) is 0 Å². The van der Waals surface area contributed by atoms with E-state index in [2.05, 4.69) is 38.6 Å². The number of rotatable bonds is 3. The Labute approximate surface area is 80.3 Å². The van der Waals surface area contributed by atoms with E-state index >= 15 is 0 Å². The minimum atomic E-state index is 0.0943. The summed E-state index contributed by atoms with van der Waals surface area (Å²) in [4.78, 5) is 0. The highest BCUT2D eigenvalue weighted by Gasteiger charge is 2.04. The van der Waals surface area contributed by atoms with Gasteiger partial charge in [0, 0.05) is 6.04 Å². The average Bonchev–Trinajstić information content (AvgIpc) is 2.10. The fourth-order valence-electron chi connectivity index (χ4n) is 1.31. The van der Waals surface area contributed by atoms with E-state index in [1.165, 1.54) is 16.7 Å². The minimum Gasteiger partial charge on any atom is -0.324 e. The molecule has 0 saturated carbocycles. The molecule has 0 spiro atoms. The Morgan fingerprint density at radius 2 is 2.08 bits per heavy atom. The van der Waals surface area contributed by atoms with Crippen LogP contribution in [-0.4, -0.2) is 0 Å². The zero-order valence-corrected chi connectivity index (χ0v) is 8.38. The first-order valence-electron chi connectivity index (χ1n) is 4.58. The van der Waals surface area contributed by atoms with Crippen LogP contribution in [0, 0.1) is 13.8 Å². The quantitative estimate of drug-likeness (QED) is 0.702. The van der Waals surface area contributed by atoms with Crippen molar-refractivity contribution in [2.45, 2.75) is 26.3 Å². The topological polar surface area (TPSA) is 26.0 Å². The SMILES string of the molecule is C=CC[C@@H](N)c1ccc(C)c(C)c1. The van der Waals surface area contributed by atoms with Gasteiger partial charge < -0.3 is 5.73 Å². The van der Waals surface area contributed by atoms with Crippen LogP contribution >= 0.6 is 0 Å². The number of benzene rings is 1. The molecule has 0 aliphatic rings. The van der Waals surface area contributed by atoms with Gasteiger partial charge in [-0.1, -0.05) is 24.3 Å². The summed E-state index contributed by atoms with van der Waals surface area (Å²) >= 11 is 0. The lowest BCUT2D eigenvalue weighted by Gasteiger charge is -2.11. The number of hydrogen-bond acceptors (Lipinski definition) is 1. The molecular weight excluding hydrogens is 158 g/mol. The molecule has 0 saturated heterocycles. The maximum atomic E-state index is 5.95. The monoisotopic (exact) mass is 175 g/mol. The van der Waals surface area contributed by atoms with Gasteiger partial charge in [-0.2, -0.15) is 0 Å². The first kappa shape index (κ1) is 10.0. The van der Waals surface area contributed by atoms with Gasteiger partial charge in [-0.25, -0.2) is 0 Å². The Bertz CT molecular complexity index is 302. The predicted molar refractivity (Wildman–Crippen MR) is 57.7 cm³/mol. The molecule has 70 valence electrons. The first-order valence-corrected chi connectivity index (χ1v) is 4.58. The number of hydrogen-bond donors (Lipinski definition) is 1. The van der Waals surface area contributed by atoms with Gasteiger partial charge in [-0.3, -0.25) is 0 Å². The van der Waals surface area contributed by atoms with Crippen LogP contribution < -0.4 is 5.73 Å². The second-order valence-corrected chi connectivity index (χ2v) is 3.47. The van der Waals surface area contributed by atoms with Crippen LogP contribution in [0.3, 0.4) is 0 Å². The summed E-state index contributed by atoms with van der Waals surface area (Å²) < 4.78 is 0. The fraction of sp³-hybridized carbons (Fsp3) is 0.333. The highest BCUT2D eigenvalue weighted by Crippen LogP contribution is 2.17. The van der Waals surface area contributed by atoms with Crippen LogP contribution in [0.15, 0.2) is 30.9 Å². The first-order chi connectivity index (χ1) is 6.15. The Balaban J connectivity index is 2.89. The van der Waals surface area contributed by atoms with Crippen molar-refractivity contribution in [3.63, 3.8) is 0 Å². The molecule has 1 heteroatoms. The molecule has 1 atom stereocenters. The van der Waals surface area contributed by atoms with Gasteiger partial charge in [0.2, 0.25) is 0 Å².